The number of benzene rings is 1. The highest BCUT2D eigenvalue weighted by molar-refractivity contribution is 6.23. The van der Waals surface area contributed by atoms with Gasteiger partial charge in [0.05, 0.1) is 23.2 Å². The molecule has 6 heteroatoms. The van der Waals surface area contributed by atoms with Gasteiger partial charge in [0.25, 0.3) is 0 Å². The average molecular weight is 355 g/mol. The van der Waals surface area contributed by atoms with Crippen molar-refractivity contribution in [1.29, 1.82) is 0 Å². The Bertz CT molecular complexity index is 731. The number of carbonyl (C=O) groups is 3. The second-order valence-corrected chi connectivity index (χ2v) is 7.62. The van der Waals surface area contributed by atoms with Crippen LogP contribution in [0.2, 0.25) is 0 Å². The maximum absolute atomic E-state index is 13.0. The quantitative estimate of drug-likeness (QED) is 0.844. The van der Waals surface area contributed by atoms with Crippen molar-refractivity contribution in [3.63, 3.8) is 0 Å². The van der Waals surface area contributed by atoms with E-state index in [0.717, 1.165) is 57.3 Å². The maximum Gasteiger partial charge on any atom is 0.248 e. The van der Waals surface area contributed by atoms with E-state index >= 15 is 0 Å². The van der Waals surface area contributed by atoms with Crippen LogP contribution in [0.25, 0.3) is 0 Å². The molecule has 2 heterocycles. The fourth-order valence-electron chi connectivity index (χ4n) is 4.66. The van der Waals surface area contributed by atoms with Crippen LogP contribution in [-0.2, 0) is 9.59 Å². The highest BCUT2D eigenvalue weighted by atomic mass is 16.2. The lowest BCUT2D eigenvalue weighted by Gasteiger charge is -2.32. The van der Waals surface area contributed by atoms with Crippen molar-refractivity contribution in [2.75, 3.05) is 22.9 Å². The van der Waals surface area contributed by atoms with Crippen LogP contribution in [0, 0.1) is 11.8 Å². The molecule has 1 aromatic carbocycles. The van der Waals surface area contributed by atoms with Crippen LogP contribution in [0.3, 0.4) is 0 Å². The van der Waals surface area contributed by atoms with Gasteiger partial charge in [0, 0.05) is 18.7 Å². The zero-order valence-corrected chi connectivity index (χ0v) is 14.9. The predicted molar refractivity (Wildman–Crippen MR) is 99.0 cm³/mol. The monoisotopic (exact) mass is 355 g/mol. The van der Waals surface area contributed by atoms with E-state index in [9.17, 15) is 14.4 Å². The summed E-state index contributed by atoms with van der Waals surface area (Å²) in [5, 5.41) is 0. The van der Waals surface area contributed by atoms with Crippen LogP contribution in [0.5, 0.6) is 0 Å². The van der Waals surface area contributed by atoms with E-state index in [1.807, 2.05) is 6.07 Å². The number of hydrogen-bond acceptors (Lipinski definition) is 4. The Morgan fingerprint density at radius 1 is 0.885 bits per heavy atom. The summed E-state index contributed by atoms with van der Waals surface area (Å²) in [5.41, 5.74) is 7.18. The van der Waals surface area contributed by atoms with Gasteiger partial charge in [-0.1, -0.05) is 12.8 Å². The Kier molecular flexibility index (Phi) is 4.42. The summed E-state index contributed by atoms with van der Waals surface area (Å²) in [6.07, 6.45) is 6.91. The summed E-state index contributed by atoms with van der Waals surface area (Å²) in [6.45, 7) is 1.79. The molecule has 6 nitrogen and oxygen atoms in total. The highest BCUT2D eigenvalue weighted by Crippen LogP contribution is 2.43. The molecule has 0 radical (unpaired) electrons. The fraction of sp³-hybridized carbons (Fsp3) is 0.550. The fourth-order valence-corrected chi connectivity index (χ4v) is 4.66. The predicted octanol–water partition coefficient (Wildman–Crippen LogP) is 2.46. The summed E-state index contributed by atoms with van der Waals surface area (Å²) >= 11 is 0. The van der Waals surface area contributed by atoms with Crippen LogP contribution < -0.4 is 15.5 Å². The van der Waals surface area contributed by atoms with E-state index in [1.165, 1.54) is 11.3 Å². The van der Waals surface area contributed by atoms with Crippen LogP contribution >= 0.6 is 0 Å². The standard InChI is InChI=1S/C20H25N3O3/c21-18(24)13-8-9-16(22-10-4-1-5-11-22)17(12-13)23-19(25)14-6-2-3-7-15(14)20(23)26/h8-9,12,14-15H,1-7,10-11H2,(H2,21,24). The number of primary amides is 1. The molecule has 0 aromatic heterocycles. The van der Waals surface area contributed by atoms with Gasteiger partial charge in [-0.25, -0.2) is 4.90 Å². The molecule has 3 aliphatic rings. The SMILES string of the molecule is NC(=O)c1ccc(N2CCCCC2)c(N2C(=O)C3CCCCC3C2=O)c1. The molecule has 2 unspecified atom stereocenters. The number of rotatable bonds is 3. The number of amides is 3. The molecular weight excluding hydrogens is 330 g/mol. The molecule has 0 bridgehead atoms. The van der Waals surface area contributed by atoms with Crippen LogP contribution in [-0.4, -0.2) is 30.8 Å². The molecule has 1 aliphatic carbocycles. The van der Waals surface area contributed by atoms with Crippen molar-refractivity contribution >= 4 is 29.1 Å². The number of nitrogens with two attached hydrogens (primary N) is 1. The Morgan fingerprint density at radius 3 is 2.08 bits per heavy atom. The van der Waals surface area contributed by atoms with Crippen LogP contribution in [0.1, 0.15) is 55.3 Å². The van der Waals surface area contributed by atoms with Gasteiger partial charge < -0.3 is 10.6 Å². The molecule has 2 aliphatic heterocycles. The second kappa shape index (κ2) is 6.74. The van der Waals surface area contributed by atoms with E-state index in [2.05, 4.69) is 4.90 Å². The van der Waals surface area contributed by atoms with E-state index < -0.39 is 5.91 Å². The second-order valence-electron chi connectivity index (χ2n) is 7.62. The minimum absolute atomic E-state index is 0.112. The minimum Gasteiger partial charge on any atom is -0.370 e. The molecule has 3 amide bonds. The molecule has 26 heavy (non-hydrogen) atoms. The van der Waals surface area contributed by atoms with E-state index in [4.69, 9.17) is 5.73 Å². The molecular formula is C20H25N3O3. The molecule has 1 saturated carbocycles. The maximum atomic E-state index is 13.0. The Hall–Kier alpha value is -2.37. The zero-order valence-electron chi connectivity index (χ0n) is 14.9. The number of anilines is 2. The number of piperidine rings is 1. The van der Waals surface area contributed by atoms with E-state index in [-0.39, 0.29) is 23.7 Å². The van der Waals surface area contributed by atoms with Crippen LogP contribution in [0.4, 0.5) is 11.4 Å². The van der Waals surface area contributed by atoms with Crippen molar-refractivity contribution < 1.29 is 14.4 Å². The number of nitrogens with zero attached hydrogens (tertiary/aromatic N) is 2. The first kappa shape index (κ1) is 17.1. The summed E-state index contributed by atoms with van der Waals surface area (Å²) in [6, 6.07) is 5.15. The first-order chi connectivity index (χ1) is 12.6. The lowest BCUT2D eigenvalue weighted by molar-refractivity contribution is -0.122. The molecule has 2 atom stereocenters. The van der Waals surface area contributed by atoms with Crippen molar-refractivity contribution in [2.45, 2.75) is 44.9 Å². The third-order valence-corrected chi connectivity index (χ3v) is 6.04. The Labute approximate surface area is 153 Å². The van der Waals surface area contributed by atoms with Gasteiger partial charge in [0.1, 0.15) is 0 Å². The van der Waals surface area contributed by atoms with Crippen molar-refractivity contribution in [1.82, 2.24) is 0 Å². The molecule has 1 aromatic rings. The largest absolute Gasteiger partial charge is 0.370 e. The summed E-state index contributed by atoms with van der Waals surface area (Å²) < 4.78 is 0. The number of fused-ring (bicyclic) bond motifs is 1. The van der Waals surface area contributed by atoms with Gasteiger partial charge >= 0.3 is 0 Å². The van der Waals surface area contributed by atoms with Crippen LogP contribution in [0.15, 0.2) is 18.2 Å². The molecule has 0 spiro atoms. The van der Waals surface area contributed by atoms with Gasteiger partial charge in [-0.3, -0.25) is 14.4 Å². The smallest absolute Gasteiger partial charge is 0.248 e. The lowest BCUT2D eigenvalue weighted by Crippen LogP contribution is -2.35. The number of hydrogen-bond donors (Lipinski definition) is 1. The molecule has 4 rings (SSSR count). The number of carbonyl (C=O) groups excluding carboxylic acids is 3. The Balaban J connectivity index is 1.78. The van der Waals surface area contributed by atoms with Gasteiger partial charge in [-0.2, -0.15) is 0 Å². The average Bonchev–Trinajstić information content (AvgIpc) is 2.93. The van der Waals surface area contributed by atoms with Gasteiger partial charge in [-0.15, -0.1) is 0 Å². The minimum atomic E-state index is -0.548. The van der Waals surface area contributed by atoms with Crippen molar-refractivity contribution in [3.8, 4) is 0 Å². The topological polar surface area (TPSA) is 83.7 Å². The Morgan fingerprint density at radius 2 is 1.50 bits per heavy atom. The van der Waals surface area contributed by atoms with E-state index in [1.54, 1.807) is 12.1 Å². The molecule has 2 saturated heterocycles. The zero-order chi connectivity index (χ0) is 18.3. The first-order valence-corrected chi connectivity index (χ1v) is 9.64. The van der Waals surface area contributed by atoms with Crippen molar-refractivity contribution in [2.24, 2.45) is 17.6 Å². The highest BCUT2D eigenvalue weighted by Gasteiger charge is 2.49. The van der Waals surface area contributed by atoms with Gasteiger partial charge in [-0.05, 0) is 50.3 Å². The van der Waals surface area contributed by atoms with Gasteiger partial charge in [0.2, 0.25) is 17.7 Å². The third-order valence-electron chi connectivity index (χ3n) is 6.04. The summed E-state index contributed by atoms with van der Waals surface area (Å²) in [5.74, 6) is -1.18. The van der Waals surface area contributed by atoms with E-state index in [0.29, 0.717) is 11.3 Å². The third kappa shape index (κ3) is 2.77. The molecule has 138 valence electrons. The summed E-state index contributed by atoms with van der Waals surface area (Å²) in [4.78, 5) is 41.3. The number of imide groups is 1. The lowest BCUT2D eigenvalue weighted by atomic mass is 9.81. The summed E-state index contributed by atoms with van der Waals surface area (Å²) in [7, 11) is 0. The first-order valence-electron chi connectivity index (χ1n) is 9.64. The van der Waals surface area contributed by atoms with Gasteiger partial charge in [0.15, 0.2) is 0 Å². The van der Waals surface area contributed by atoms with Crippen molar-refractivity contribution in [3.05, 3.63) is 23.8 Å². The molecule has 3 fully saturated rings. The normalized spacial score (nSPS) is 26.2. The molecule has 2 N–H and O–H groups in total.